The van der Waals surface area contributed by atoms with E-state index in [2.05, 4.69) is 15.6 Å². The molecule has 0 radical (unpaired) electrons. The van der Waals surface area contributed by atoms with Crippen molar-refractivity contribution in [3.8, 4) is 5.75 Å². The topological polar surface area (TPSA) is 127 Å². The summed E-state index contributed by atoms with van der Waals surface area (Å²) in [6.07, 6.45) is 0. The predicted octanol–water partition coefficient (Wildman–Crippen LogP) is 0.425. The molecule has 4 rings (SSSR count). The van der Waals surface area contributed by atoms with Crippen LogP contribution in [0.15, 0.2) is 23.6 Å². The van der Waals surface area contributed by atoms with Gasteiger partial charge in [-0.05, 0) is 17.7 Å². The highest BCUT2D eigenvalue weighted by atomic mass is 32.1. The monoisotopic (exact) mass is 373 g/mol. The number of aromatic nitrogens is 1. The lowest BCUT2D eigenvalue weighted by Crippen LogP contribution is -2.53. The number of carbonyl (C=O) groups is 3. The molecule has 0 bridgehead atoms. The molecular formula is C16H15N5O4S. The molecule has 1 atom stereocenters. The van der Waals surface area contributed by atoms with Gasteiger partial charge in [0.15, 0.2) is 10.7 Å². The zero-order valence-electron chi connectivity index (χ0n) is 13.7. The Hall–Kier alpha value is -3.14. The van der Waals surface area contributed by atoms with Gasteiger partial charge >= 0.3 is 6.03 Å². The van der Waals surface area contributed by atoms with Crippen LogP contribution < -0.4 is 21.1 Å². The fourth-order valence-electron chi connectivity index (χ4n) is 3.23. The van der Waals surface area contributed by atoms with E-state index >= 15 is 0 Å². The third-order valence-electron chi connectivity index (χ3n) is 4.52. The first-order chi connectivity index (χ1) is 12.4. The first-order valence-corrected chi connectivity index (χ1v) is 8.62. The van der Waals surface area contributed by atoms with E-state index in [1.807, 2.05) is 6.07 Å². The highest BCUT2D eigenvalue weighted by Crippen LogP contribution is 2.33. The van der Waals surface area contributed by atoms with Gasteiger partial charge in [-0.3, -0.25) is 14.9 Å². The van der Waals surface area contributed by atoms with Crippen LogP contribution in [0.1, 0.15) is 21.6 Å². The summed E-state index contributed by atoms with van der Waals surface area (Å²) in [5, 5.41) is 6.72. The third-order valence-corrected chi connectivity index (χ3v) is 5.20. The van der Waals surface area contributed by atoms with Crippen molar-refractivity contribution >= 4 is 34.3 Å². The van der Waals surface area contributed by atoms with Crippen LogP contribution in [0.3, 0.4) is 0 Å². The number of hydrogen-bond donors (Lipinski definition) is 3. The van der Waals surface area contributed by atoms with Gasteiger partial charge in [0.25, 0.3) is 11.8 Å². The van der Waals surface area contributed by atoms with Crippen LogP contribution in [0.2, 0.25) is 0 Å². The van der Waals surface area contributed by atoms with E-state index in [0.29, 0.717) is 23.6 Å². The lowest BCUT2D eigenvalue weighted by Gasteiger charge is -2.29. The van der Waals surface area contributed by atoms with Gasteiger partial charge in [0.2, 0.25) is 0 Å². The van der Waals surface area contributed by atoms with Crippen LogP contribution in [0.4, 0.5) is 9.93 Å². The smallest absolute Gasteiger partial charge is 0.322 e. The lowest BCUT2D eigenvalue weighted by atomic mass is 9.95. The quantitative estimate of drug-likeness (QED) is 0.667. The number of urea groups is 1. The van der Waals surface area contributed by atoms with E-state index in [1.54, 1.807) is 17.5 Å². The van der Waals surface area contributed by atoms with Crippen LogP contribution in [-0.2, 0) is 16.9 Å². The second-order valence-electron chi connectivity index (χ2n) is 6.07. The maximum absolute atomic E-state index is 12.8. The molecule has 2 aromatic rings. The number of methoxy groups -OCH3 is 1. The minimum Gasteiger partial charge on any atom is -0.497 e. The summed E-state index contributed by atoms with van der Waals surface area (Å²) < 4.78 is 5.17. The fraction of sp³-hybridized carbons (Fsp3) is 0.250. The average molecular weight is 373 g/mol. The molecule has 10 heteroatoms. The molecule has 26 heavy (non-hydrogen) atoms. The number of nitrogens with one attached hydrogen (secondary N) is 2. The summed E-state index contributed by atoms with van der Waals surface area (Å²) in [5.74, 6) is -0.225. The molecule has 1 aromatic heterocycles. The molecule has 1 fully saturated rings. The van der Waals surface area contributed by atoms with Crippen molar-refractivity contribution in [2.24, 2.45) is 0 Å². The largest absolute Gasteiger partial charge is 0.497 e. The first kappa shape index (κ1) is 16.3. The normalized spacial score (nSPS) is 21.6. The van der Waals surface area contributed by atoms with Crippen LogP contribution >= 0.6 is 11.3 Å². The van der Waals surface area contributed by atoms with Gasteiger partial charge in [0.1, 0.15) is 5.75 Å². The van der Waals surface area contributed by atoms with Gasteiger partial charge in [0.05, 0.1) is 19.3 Å². The van der Waals surface area contributed by atoms with Crippen LogP contribution in [0.25, 0.3) is 0 Å². The number of anilines is 1. The summed E-state index contributed by atoms with van der Waals surface area (Å²) >= 11 is 1.16. The molecule has 1 aromatic carbocycles. The number of imide groups is 1. The van der Waals surface area contributed by atoms with Gasteiger partial charge in [-0.1, -0.05) is 6.07 Å². The van der Waals surface area contributed by atoms with Crippen LogP contribution in [0.5, 0.6) is 5.75 Å². The van der Waals surface area contributed by atoms with Crippen molar-refractivity contribution < 1.29 is 19.1 Å². The van der Waals surface area contributed by atoms with Crippen molar-refractivity contribution in [1.82, 2.24) is 20.5 Å². The van der Waals surface area contributed by atoms with Crippen molar-refractivity contribution in [3.05, 3.63) is 40.4 Å². The predicted molar refractivity (Wildman–Crippen MR) is 92.6 cm³/mol. The number of hydrogen-bond acceptors (Lipinski definition) is 7. The Morgan fingerprint density at radius 2 is 2.19 bits per heavy atom. The summed E-state index contributed by atoms with van der Waals surface area (Å²) in [6.45, 7) is 0.270. The number of rotatable bonds is 4. The Bertz CT molecular complexity index is 942. The molecule has 2 aliphatic heterocycles. The molecule has 0 aliphatic carbocycles. The van der Waals surface area contributed by atoms with Crippen molar-refractivity contribution in [2.45, 2.75) is 12.1 Å². The molecule has 4 amide bonds. The number of nitrogens with zero attached hydrogens (tertiary/aromatic N) is 2. The summed E-state index contributed by atoms with van der Waals surface area (Å²) in [7, 11) is 1.53. The van der Waals surface area contributed by atoms with E-state index < -0.39 is 17.5 Å². The summed E-state index contributed by atoms with van der Waals surface area (Å²) in [6, 6.07) is 4.62. The Kier molecular flexibility index (Phi) is 3.58. The average Bonchev–Trinajstić information content (AvgIpc) is 3.26. The fourth-order valence-corrected chi connectivity index (χ4v) is 3.87. The SMILES string of the molecule is COc1ccc2c(c1)C(=O)N(C[C@@]1(c3csc(N)n3)NC(=O)NC1=O)C2. The molecule has 2 aliphatic rings. The molecule has 4 N–H and O–H groups in total. The second-order valence-corrected chi connectivity index (χ2v) is 6.96. The minimum atomic E-state index is -1.47. The number of nitrogen functional groups attached to an aromatic ring is 1. The standard InChI is InChI=1S/C16H15N5O4S/c1-25-9-3-2-8-5-21(12(22)10(8)4-9)7-16(11-6-26-14(17)18-11)13(23)19-15(24)20-16/h2-4,6H,5,7H2,1H3,(H2,17,18)(H2,19,20,23,24)/t16-/m0/s1. The van der Waals surface area contributed by atoms with Crippen molar-refractivity contribution in [3.63, 3.8) is 0 Å². The van der Waals surface area contributed by atoms with E-state index in [9.17, 15) is 14.4 Å². The molecule has 0 saturated carbocycles. The molecule has 134 valence electrons. The lowest BCUT2D eigenvalue weighted by molar-refractivity contribution is -0.124. The van der Waals surface area contributed by atoms with Crippen LogP contribution in [0, 0.1) is 0 Å². The highest BCUT2D eigenvalue weighted by molar-refractivity contribution is 7.13. The number of fused-ring (bicyclic) bond motifs is 1. The highest BCUT2D eigenvalue weighted by Gasteiger charge is 2.52. The molecular weight excluding hydrogens is 358 g/mol. The van der Waals surface area contributed by atoms with Gasteiger partial charge in [-0.25, -0.2) is 9.78 Å². The number of ether oxygens (including phenoxy) is 1. The third kappa shape index (κ3) is 2.37. The van der Waals surface area contributed by atoms with Crippen molar-refractivity contribution in [1.29, 1.82) is 0 Å². The molecule has 3 heterocycles. The van der Waals surface area contributed by atoms with Crippen LogP contribution in [-0.4, -0.2) is 41.4 Å². The maximum atomic E-state index is 12.8. The Balaban J connectivity index is 1.69. The zero-order valence-corrected chi connectivity index (χ0v) is 14.6. The minimum absolute atomic E-state index is 0.0520. The van der Waals surface area contributed by atoms with E-state index in [0.717, 1.165) is 16.9 Å². The molecule has 1 saturated heterocycles. The van der Waals surface area contributed by atoms with Gasteiger partial charge in [0, 0.05) is 17.5 Å². The number of thiazole rings is 1. The molecule has 9 nitrogen and oxygen atoms in total. The maximum Gasteiger partial charge on any atom is 0.322 e. The number of nitrogens with two attached hydrogens (primary N) is 1. The number of benzene rings is 1. The van der Waals surface area contributed by atoms with Gasteiger partial charge in [-0.2, -0.15) is 0 Å². The van der Waals surface area contributed by atoms with E-state index in [4.69, 9.17) is 10.5 Å². The Labute approximate surface area is 152 Å². The number of amides is 4. The Morgan fingerprint density at radius 1 is 1.38 bits per heavy atom. The van der Waals surface area contributed by atoms with E-state index in [-0.39, 0.29) is 17.6 Å². The zero-order chi connectivity index (χ0) is 18.5. The van der Waals surface area contributed by atoms with E-state index in [1.165, 1.54) is 12.0 Å². The first-order valence-electron chi connectivity index (χ1n) is 7.74. The second kappa shape index (κ2) is 5.70. The number of carbonyl (C=O) groups excluding carboxylic acids is 3. The molecule has 0 unspecified atom stereocenters. The van der Waals surface area contributed by atoms with Gasteiger partial charge in [-0.15, -0.1) is 11.3 Å². The van der Waals surface area contributed by atoms with Gasteiger partial charge < -0.3 is 20.7 Å². The van der Waals surface area contributed by atoms with Crippen molar-refractivity contribution in [2.75, 3.05) is 19.4 Å². The summed E-state index contributed by atoms with van der Waals surface area (Å²) in [5.41, 5.74) is 5.88. The Morgan fingerprint density at radius 3 is 2.81 bits per heavy atom. The molecule has 0 spiro atoms. The summed E-state index contributed by atoms with van der Waals surface area (Å²) in [4.78, 5) is 42.8.